The Labute approximate surface area is 177 Å². The Hall–Kier alpha value is -3.78. The number of pyridine rings is 2. The summed E-state index contributed by atoms with van der Waals surface area (Å²) >= 11 is 0. The van der Waals surface area contributed by atoms with E-state index in [1.807, 2.05) is 29.2 Å². The van der Waals surface area contributed by atoms with E-state index in [1.54, 1.807) is 35.5 Å². The average Bonchev–Trinajstić information content (AvgIpc) is 3.21. The highest BCUT2D eigenvalue weighted by atomic mass is 19.1. The number of amides is 1. The topological polar surface area (TPSA) is 85.4 Å². The molecule has 1 fully saturated rings. The summed E-state index contributed by atoms with van der Waals surface area (Å²) in [4.78, 5) is 28.8. The smallest absolute Gasteiger partial charge is 0.275 e. The number of aliphatic hydroxyl groups is 1. The van der Waals surface area contributed by atoms with Crippen molar-refractivity contribution < 1.29 is 14.3 Å². The SMILES string of the molecule is O=C(c1cc2cccnc2[nH]1)N(Cc1ccc(F)cc1)c1ccc(N2CC(O)C2)nc1. The van der Waals surface area contributed by atoms with Crippen molar-refractivity contribution >= 4 is 28.4 Å². The first kappa shape index (κ1) is 19.2. The Kier molecular flexibility index (Phi) is 4.83. The molecular weight excluding hydrogens is 397 g/mol. The lowest BCUT2D eigenvalue weighted by molar-refractivity contribution is 0.0981. The zero-order valence-electron chi connectivity index (χ0n) is 16.6. The number of benzene rings is 1. The minimum absolute atomic E-state index is 0.240. The molecule has 2 N–H and O–H groups in total. The lowest BCUT2D eigenvalue weighted by atomic mass is 10.1. The van der Waals surface area contributed by atoms with E-state index < -0.39 is 0 Å². The second-order valence-electron chi connectivity index (χ2n) is 7.58. The van der Waals surface area contributed by atoms with Crippen molar-refractivity contribution in [3.63, 3.8) is 0 Å². The number of carbonyl (C=O) groups excluding carboxylic acids is 1. The third-order valence-corrected chi connectivity index (χ3v) is 5.35. The van der Waals surface area contributed by atoms with Gasteiger partial charge in [-0.15, -0.1) is 0 Å². The first-order valence-corrected chi connectivity index (χ1v) is 9.96. The number of β-amino-alcohol motifs (C(OH)–C–C–N with tert-alkyl or cyclic N) is 1. The molecule has 0 bridgehead atoms. The molecule has 0 unspecified atom stereocenters. The average molecular weight is 417 g/mol. The molecule has 0 spiro atoms. The summed E-state index contributed by atoms with van der Waals surface area (Å²) in [5, 5.41) is 10.4. The van der Waals surface area contributed by atoms with Crippen LogP contribution in [-0.4, -0.2) is 45.2 Å². The summed E-state index contributed by atoms with van der Waals surface area (Å²) in [5.41, 5.74) is 2.45. The number of nitrogens with zero attached hydrogens (tertiary/aromatic N) is 4. The number of aliphatic hydroxyl groups excluding tert-OH is 1. The summed E-state index contributed by atoms with van der Waals surface area (Å²) in [7, 11) is 0. The Morgan fingerprint density at radius 2 is 1.97 bits per heavy atom. The largest absolute Gasteiger partial charge is 0.389 e. The van der Waals surface area contributed by atoms with Crippen molar-refractivity contribution in [2.75, 3.05) is 22.9 Å². The second kappa shape index (κ2) is 7.81. The van der Waals surface area contributed by atoms with Crippen LogP contribution in [0.4, 0.5) is 15.9 Å². The highest BCUT2D eigenvalue weighted by Crippen LogP contribution is 2.25. The minimum atomic E-state index is -0.328. The minimum Gasteiger partial charge on any atom is -0.389 e. The van der Waals surface area contributed by atoms with E-state index in [-0.39, 0.29) is 24.4 Å². The first-order chi connectivity index (χ1) is 15.1. The van der Waals surface area contributed by atoms with E-state index in [2.05, 4.69) is 15.0 Å². The number of aromatic nitrogens is 3. The molecule has 1 aliphatic heterocycles. The third kappa shape index (κ3) is 3.85. The fourth-order valence-electron chi connectivity index (χ4n) is 3.64. The number of carbonyl (C=O) groups is 1. The molecule has 0 aliphatic carbocycles. The van der Waals surface area contributed by atoms with Crippen molar-refractivity contribution in [1.29, 1.82) is 0 Å². The predicted molar refractivity (Wildman–Crippen MR) is 115 cm³/mol. The van der Waals surface area contributed by atoms with E-state index in [0.717, 1.165) is 16.8 Å². The molecule has 4 heterocycles. The number of H-pyrrole nitrogens is 1. The lowest BCUT2D eigenvalue weighted by Crippen LogP contribution is -2.51. The normalized spacial score (nSPS) is 13.9. The van der Waals surface area contributed by atoms with Gasteiger partial charge in [0.05, 0.1) is 24.5 Å². The molecule has 0 atom stereocenters. The van der Waals surface area contributed by atoms with Crippen LogP contribution in [0, 0.1) is 5.82 Å². The molecule has 7 nitrogen and oxygen atoms in total. The van der Waals surface area contributed by atoms with Crippen LogP contribution in [-0.2, 0) is 6.54 Å². The number of hydrogen-bond acceptors (Lipinski definition) is 5. The van der Waals surface area contributed by atoms with Crippen LogP contribution in [0.3, 0.4) is 0 Å². The number of nitrogens with one attached hydrogen (secondary N) is 1. The van der Waals surface area contributed by atoms with Crippen molar-refractivity contribution in [3.8, 4) is 0 Å². The van der Waals surface area contributed by atoms with Crippen molar-refractivity contribution in [2.24, 2.45) is 0 Å². The fourth-order valence-corrected chi connectivity index (χ4v) is 3.64. The van der Waals surface area contributed by atoms with Crippen molar-refractivity contribution in [3.05, 3.63) is 84.1 Å². The summed E-state index contributed by atoms with van der Waals surface area (Å²) in [5.74, 6) is 0.181. The number of hydrogen-bond donors (Lipinski definition) is 2. The highest BCUT2D eigenvalue weighted by Gasteiger charge is 2.26. The molecule has 1 saturated heterocycles. The maximum Gasteiger partial charge on any atom is 0.275 e. The van der Waals surface area contributed by atoms with Crippen LogP contribution >= 0.6 is 0 Å². The van der Waals surface area contributed by atoms with Crippen LogP contribution < -0.4 is 9.80 Å². The molecule has 3 aromatic heterocycles. The zero-order valence-corrected chi connectivity index (χ0v) is 16.6. The van der Waals surface area contributed by atoms with Crippen LogP contribution in [0.15, 0.2) is 67.0 Å². The monoisotopic (exact) mass is 417 g/mol. The summed E-state index contributed by atoms with van der Waals surface area (Å²) in [6.07, 6.45) is 2.98. The fraction of sp³-hybridized carbons (Fsp3) is 0.174. The van der Waals surface area contributed by atoms with Gasteiger partial charge in [0.1, 0.15) is 23.0 Å². The Balaban J connectivity index is 1.47. The summed E-state index contributed by atoms with van der Waals surface area (Å²) in [6, 6.07) is 15.2. The molecule has 0 saturated carbocycles. The van der Waals surface area contributed by atoms with Gasteiger partial charge in [0.25, 0.3) is 5.91 Å². The standard InChI is InChI=1S/C23H20FN5O2/c24-17-5-3-15(4-6-17)12-29(18-7-8-21(26-11-18)28-13-19(30)14-28)23(31)20-10-16-2-1-9-25-22(16)27-20/h1-11,19,30H,12-14H2,(H,25,27). The number of rotatable bonds is 5. The van der Waals surface area contributed by atoms with E-state index in [1.165, 1.54) is 12.1 Å². The second-order valence-corrected chi connectivity index (χ2v) is 7.58. The summed E-state index contributed by atoms with van der Waals surface area (Å²) in [6.45, 7) is 1.35. The summed E-state index contributed by atoms with van der Waals surface area (Å²) < 4.78 is 13.4. The zero-order chi connectivity index (χ0) is 21.4. The van der Waals surface area contributed by atoms with E-state index in [4.69, 9.17) is 0 Å². The number of aromatic amines is 1. The molecule has 4 aromatic rings. The van der Waals surface area contributed by atoms with Crippen LogP contribution in [0.5, 0.6) is 0 Å². The Morgan fingerprint density at radius 3 is 2.65 bits per heavy atom. The van der Waals surface area contributed by atoms with Crippen LogP contribution in [0.1, 0.15) is 16.1 Å². The van der Waals surface area contributed by atoms with E-state index in [9.17, 15) is 14.3 Å². The molecule has 1 aromatic carbocycles. The van der Waals surface area contributed by atoms with Gasteiger partial charge in [-0.05, 0) is 48.0 Å². The third-order valence-electron chi connectivity index (χ3n) is 5.35. The van der Waals surface area contributed by atoms with Crippen LogP contribution in [0.25, 0.3) is 11.0 Å². The number of halogens is 1. The number of fused-ring (bicyclic) bond motifs is 1. The first-order valence-electron chi connectivity index (χ1n) is 9.96. The molecule has 156 valence electrons. The predicted octanol–water partition coefficient (Wildman–Crippen LogP) is 3.12. The van der Waals surface area contributed by atoms with Crippen molar-refractivity contribution in [1.82, 2.24) is 15.0 Å². The van der Waals surface area contributed by atoms with Gasteiger partial charge in [-0.25, -0.2) is 14.4 Å². The van der Waals surface area contributed by atoms with Gasteiger partial charge >= 0.3 is 0 Å². The number of anilines is 2. The van der Waals surface area contributed by atoms with Gasteiger partial charge in [0.2, 0.25) is 0 Å². The van der Waals surface area contributed by atoms with Gasteiger partial charge < -0.3 is 19.9 Å². The molecular formula is C23H20FN5O2. The maximum absolute atomic E-state index is 13.4. The quantitative estimate of drug-likeness (QED) is 0.521. The lowest BCUT2D eigenvalue weighted by Gasteiger charge is -2.37. The van der Waals surface area contributed by atoms with Crippen molar-refractivity contribution in [2.45, 2.75) is 12.6 Å². The van der Waals surface area contributed by atoms with Gasteiger partial charge in [-0.1, -0.05) is 12.1 Å². The van der Waals surface area contributed by atoms with Gasteiger partial charge in [-0.3, -0.25) is 4.79 Å². The molecule has 5 rings (SSSR count). The molecule has 1 aliphatic rings. The molecule has 8 heteroatoms. The van der Waals surface area contributed by atoms with E-state index in [0.29, 0.717) is 30.1 Å². The maximum atomic E-state index is 13.4. The van der Waals surface area contributed by atoms with E-state index >= 15 is 0 Å². The van der Waals surface area contributed by atoms with Gasteiger partial charge in [0.15, 0.2) is 0 Å². The van der Waals surface area contributed by atoms with Gasteiger partial charge in [-0.2, -0.15) is 0 Å². The molecule has 0 radical (unpaired) electrons. The Bertz CT molecular complexity index is 1180. The molecule has 1 amide bonds. The van der Waals surface area contributed by atoms with Gasteiger partial charge in [0, 0.05) is 24.7 Å². The highest BCUT2D eigenvalue weighted by molar-refractivity contribution is 6.07. The van der Waals surface area contributed by atoms with Crippen LogP contribution in [0.2, 0.25) is 0 Å². The molecule has 31 heavy (non-hydrogen) atoms. The Morgan fingerprint density at radius 1 is 1.16 bits per heavy atom.